The van der Waals surface area contributed by atoms with Crippen LogP contribution in [0.5, 0.6) is 0 Å². The largest absolute Gasteiger partial charge is 0.316 e. The van der Waals surface area contributed by atoms with Crippen LogP contribution in [0.25, 0.3) is 0 Å². The third-order valence-electron chi connectivity index (χ3n) is 3.86. The molecule has 2 nitrogen and oxygen atoms in total. The fraction of sp³-hybridized carbons (Fsp3) is 0.625. The van der Waals surface area contributed by atoms with Gasteiger partial charge in [0, 0.05) is 23.1 Å². The van der Waals surface area contributed by atoms with Gasteiger partial charge < -0.3 is 5.32 Å². The van der Waals surface area contributed by atoms with Gasteiger partial charge in [0.05, 0.1) is 0 Å². The van der Waals surface area contributed by atoms with Crippen LogP contribution in [0.4, 0.5) is 0 Å². The van der Waals surface area contributed by atoms with Crippen molar-refractivity contribution in [3.63, 3.8) is 0 Å². The Labute approximate surface area is 132 Å². The highest BCUT2D eigenvalue weighted by atomic mass is 35.5. The lowest BCUT2D eigenvalue weighted by atomic mass is 9.97. The maximum absolute atomic E-state index is 6.26. The molecule has 1 aliphatic heterocycles. The molecule has 0 bridgehead atoms. The Kier molecular flexibility index (Phi) is 6.63. The molecule has 112 valence electrons. The highest BCUT2D eigenvalue weighted by molar-refractivity contribution is 6.33. The monoisotopic (exact) mass is 314 g/mol. The van der Waals surface area contributed by atoms with Crippen molar-refractivity contribution in [3.05, 3.63) is 33.8 Å². The molecule has 0 amide bonds. The highest BCUT2D eigenvalue weighted by Gasteiger charge is 2.20. The zero-order valence-corrected chi connectivity index (χ0v) is 13.7. The van der Waals surface area contributed by atoms with Crippen LogP contribution in [0.15, 0.2) is 18.2 Å². The van der Waals surface area contributed by atoms with Crippen molar-refractivity contribution in [2.45, 2.75) is 32.7 Å². The van der Waals surface area contributed by atoms with Crippen molar-refractivity contribution < 1.29 is 0 Å². The van der Waals surface area contributed by atoms with Crippen LogP contribution in [0.3, 0.4) is 0 Å². The Morgan fingerprint density at radius 2 is 2.20 bits per heavy atom. The third-order valence-corrected chi connectivity index (χ3v) is 4.47. The standard InChI is InChI=1S/C16H24Cl2N2/c1-2-7-19-10-13-4-3-8-20(11-13)12-14-9-15(17)5-6-16(14)18/h5-6,9,13,19H,2-4,7-8,10-12H2,1H3. The minimum absolute atomic E-state index is 0.758. The Bertz CT molecular complexity index is 423. The summed E-state index contributed by atoms with van der Waals surface area (Å²) in [7, 11) is 0. The first-order chi connectivity index (χ1) is 9.69. The summed E-state index contributed by atoms with van der Waals surface area (Å²) in [6, 6.07) is 5.73. The van der Waals surface area contributed by atoms with E-state index in [0.717, 1.165) is 54.3 Å². The Balaban J connectivity index is 1.87. The Morgan fingerprint density at radius 3 is 3.00 bits per heavy atom. The first kappa shape index (κ1) is 16.1. The van der Waals surface area contributed by atoms with Gasteiger partial charge in [-0.1, -0.05) is 30.1 Å². The van der Waals surface area contributed by atoms with E-state index in [9.17, 15) is 0 Å². The third kappa shape index (κ3) is 4.92. The molecule has 0 aromatic heterocycles. The summed E-state index contributed by atoms with van der Waals surface area (Å²) in [6.07, 6.45) is 3.81. The van der Waals surface area contributed by atoms with E-state index in [-0.39, 0.29) is 0 Å². The van der Waals surface area contributed by atoms with Crippen LogP contribution in [0.1, 0.15) is 31.7 Å². The summed E-state index contributed by atoms with van der Waals surface area (Å²) in [4.78, 5) is 2.50. The lowest BCUT2D eigenvalue weighted by molar-refractivity contribution is 0.165. The van der Waals surface area contributed by atoms with Crippen LogP contribution < -0.4 is 5.32 Å². The molecule has 1 N–H and O–H groups in total. The van der Waals surface area contributed by atoms with Crippen LogP contribution in [-0.2, 0) is 6.54 Å². The number of nitrogens with zero attached hydrogens (tertiary/aromatic N) is 1. The van der Waals surface area contributed by atoms with Gasteiger partial charge in [0.2, 0.25) is 0 Å². The van der Waals surface area contributed by atoms with Crippen molar-refractivity contribution in [2.24, 2.45) is 5.92 Å². The molecular weight excluding hydrogens is 291 g/mol. The minimum atomic E-state index is 0.758. The molecule has 1 heterocycles. The molecule has 1 atom stereocenters. The molecule has 0 spiro atoms. The van der Waals surface area contributed by atoms with Gasteiger partial charge in [0.25, 0.3) is 0 Å². The van der Waals surface area contributed by atoms with E-state index in [1.54, 1.807) is 0 Å². The number of likely N-dealkylation sites (tertiary alicyclic amines) is 1. The molecule has 20 heavy (non-hydrogen) atoms. The van der Waals surface area contributed by atoms with E-state index in [2.05, 4.69) is 17.1 Å². The molecule has 0 saturated carbocycles. The summed E-state index contributed by atoms with van der Waals surface area (Å²) in [5.41, 5.74) is 1.14. The van der Waals surface area contributed by atoms with E-state index in [0.29, 0.717) is 0 Å². The number of rotatable bonds is 6. The molecule has 1 saturated heterocycles. The minimum Gasteiger partial charge on any atom is -0.316 e. The van der Waals surface area contributed by atoms with E-state index < -0.39 is 0 Å². The molecular formula is C16H24Cl2N2. The fourth-order valence-corrected chi connectivity index (χ4v) is 3.22. The number of hydrogen-bond donors (Lipinski definition) is 1. The number of nitrogens with one attached hydrogen (secondary N) is 1. The number of piperidine rings is 1. The maximum atomic E-state index is 6.26. The van der Waals surface area contributed by atoms with Crippen LogP contribution in [0, 0.1) is 5.92 Å². The molecule has 2 rings (SSSR count). The number of halogens is 2. The second kappa shape index (κ2) is 8.23. The maximum Gasteiger partial charge on any atom is 0.0452 e. The second-order valence-corrected chi connectivity index (χ2v) is 6.53. The van der Waals surface area contributed by atoms with E-state index in [1.165, 1.54) is 19.3 Å². The zero-order valence-electron chi connectivity index (χ0n) is 12.2. The first-order valence-electron chi connectivity index (χ1n) is 7.56. The normalized spacial score (nSPS) is 20.2. The SMILES string of the molecule is CCCNCC1CCCN(Cc2cc(Cl)ccc2Cl)C1. The van der Waals surface area contributed by atoms with Crippen molar-refractivity contribution in [1.29, 1.82) is 0 Å². The van der Waals surface area contributed by atoms with Crippen LogP contribution >= 0.6 is 23.2 Å². The average molecular weight is 315 g/mol. The van der Waals surface area contributed by atoms with Gasteiger partial charge in [-0.15, -0.1) is 0 Å². The molecule has 0 aliphatic carbocycles. The summed E-state index contributed by atoms with van der Waals surface area (Å²) < 4.78 is 0. The van der Waals surface area contributed by atoms with Crippen molar-refractivity contribution in [1.82, 2.24) is 10.2 Å². The van der Waals surface area contributed by atoms with Gasteiger partial charge in [-0.25, -0.2) is 0 Å². The molecule has 1 fully saturated rings. The second-order valence-electron chi connectivity index (χ2n) is 5.68. The van der Waals surface area contributed by atoms with E-state index >= 15 is 0 Å². The summed E-state index contributed by atoms with van der Waals surface area (Å²) in [6.45, 7) is 7.68. The number of hydrogen-bond acceptors (Lipinski definition) is 2. The average Bonchev–Trinajstić information content (AvgIpc) is 2.44. The Hall–Kier alpha value is -0.280. The highest BCUT2D eigenvalue weighted by Crippen LogP contribution is 2.24. The van der Waals surface area contributed by atoms with Gasteiger partial charge in [-0.05, 0) is 68.6 Å². The lowest BCUT2D eigenvalue weighted by Crippen LogP contribution is -2.39. The van der Waals surface area contributed by atoms with E-state index in [1.807, 2.05) is 18.2 Å². The topological polar surface area (TPSA) is 15.3 Å². The van der Waals surface area contributed by atoms with Gasteiger partial charge >= 0.3 is 0 Å². The predicted molar refractivity (Wildman–Crippen MR) is 87.6 cm³/mol. The van der Waals surface area contributed by atoms with Gasteiger partial charge in [0.1, 0.15) is 0 Å². The first-order valence-corrected chi connectivity index (χ1v) is 8.31. The van der Waals surface area contributed by atoms with Crippen molar-refractivity contribution in [3.8, 4) is 0 Å². The summed E-state index contributed by atoms with van der Waals surface area (Å²) in [5, 5.41) is 5.12. The van der Waals surface area contributed by atoms with Crippen LogP contribution in [0.2, 0.25) is 10.0 Å². The Morgan fingerprint density at radius 1 is 1.35 bits per heavy atom. The zero-order chi connectivity index (χ0) is 14.4. The van der Waals surface area contributed by atoms with Crippen LogP contribution in [-0.4, -0.2) is 31.1 Å². The molecule has 1 unspecified atom stereocenters. The molecule has 1 aliphatic rings. The molecule has 1 aromatic carbocycles. The van der Waals surface area contributed by atoms with Gasteiger partial charge in [-0.2, -0.15) is 0 Å². The van der Waals surface area contributed by atoms with Crippen molar-refractivity contribution >= 4 is 23.2 Å². The lowest BCUT2D eigenvalue weighted by Gasteiger charge is -2.33. The van der Waals surface area contributed by atoms with Crippen molar-refractivity contribution in [2.75, 3.05) is 26.2 Å². The molecule has 1 aromatic rings. The number of benzene rings is 1. The summed E-state index contributed by atoms with van der Waals surface area (Å²) in [5.74, 6) is 0.758. The predicted octanol–water partition coefficient (Wildman–Crippen LogP) is 4.21. The van der Waals surface area contributed by atoms with E-state index in [4.69, 9.17) is 23.2 Å². The fourth-order valence-electron chi connectivity index (χ4n) is 2.85. The molecule has 0 radical (unpaired) electrons. The smallest absolute Gasteiger partial charge is 0.0452 e. The molecule has 4 heteroatoms. The quantitative estimate of drug-likeness (QED) is 0.791. The van der Waals surface area contributed by atoms with Gasteiger partial charge in [-0.3, -0.25) is 4.90 Å². The van der Waals surface area contributed by atoms with Gasteiger partial charge in [0.15, 0.2) is 0 Å². The summed E-state index contributed by atoms with van der Waals surface area (Å²) >= 11 is 12.3.